The van der Waals surface area contributed by atoms with Crippen LogP contribution in [0.15, 0.2) is 30.5 Å². The number of hydrogen-bond donors (Lipinski definition) is 1. The standard InChI is InChI=1S/C10H7ClN2O/c11-8-3-1-7(2-4-8)10-12-5-9(6-14)13-10/h1-6H,(H,12,13). The van der Waals surface area contributed by atoms with Gasteiger partial charge in [-0.2, -0.15) is 0 Å². The number of aromatic nitrogens is 2. The minimum Gasteiger partial charge on any atom is -0.336 e. The predicted octanol–water partition coefficient (Wildman–Crippen LogP) is 2.54. The maximum atomic E-state index is 10.4. The molecule has 0 aliphatic heterocycles. The summed E-state index contributed by atoms with van der Waals surface area (Å²) in [6, 6.07) is 7.24. The lowest BCUT2D eigenvalue weighted by Gasteiger charge is -1.95. The van der Waals surface area contributed by atoms with Gasteiger partial charge in [0.05, 0.1) is 11.9 Å². The topological polar surface area (TPSA) is 45.8 Å². The summed E-state index contributed by atoms with van der Waals surface area (Å²) in [4.78, 5) is 17.3. The van der Waals surface area contributed by atoms with Crippen molar-refractivity contribution < 1.29 is 4.79 Å². The average Bonchev–Trinajstić information content (AvgIpc) is 2.67. The zero-order chi connectivity index (χ0) is 9.97. The van der Waals surface area contributed by atoms with Crippen molar-refractivity contribution in [3.05, 3.63) is 41.2 Å². The van der Waals surface area contributed by atoms with Gasteiger partial charge in [0.15, 0.2) is 6.29 Å². The second-order valence-corrected chi connectivity index (χ2v) is 3.25. The Morgan fingerprint density at radius 3 is 2.57 bits per heavy atom. The van der Waals surface area contributed by atoms with Crippen molar-refractivity contribution in [1.29, 1.82) is 0 Å². The van der Waals surface area contributed by atoms with Gasteiger partial charge in [0, 0.05) is 10.6 Å². The van der Waals surface area contributed by atoms with Gasteiger partial charge >= 0.3 is 0 Å². The summed E-state index contributed by atoms with van der Waals surface area (Å²) in [5.74, 6) is 0.670. The number of carbonyl (C=O) groups excluding carboxylic acids is 1. The van der Waals surface area contributed by atoms with Crippen LogP contribution in [-0.2, 0) is 0 Å². The number of imidazole rings is 1. The van der Waals surface area contributed by atoms with Crippen molar-refractivity contribution in [2.45, 2.75) is 0 Å². The Balaban J connectivity index is 2.39. The van der Waals surface area contributed by atoms with E-state index in [4.69, 9.17) is 11.6 Å². The minimum atomic E-state index is 0.468. The summed E-state index contributed by atoms with van der Waals surface area (Å²) in [6.45, 7) is 0. The first-order valence-corrected chi connectivity index (χ1v) is 4.43. The number of benzene rings is 1. The van der Waals surface area contributed by atoms with Crippen LogP contribution in [0.1, 0.15) is 10.5 Å². The second kappa shape index (κ2) is 3.64. The first-order valence-electron chi connectivity index (χ1n) is 4.06. The fourth-order valence-electron chi connectivity index (χ4n) is 1.15. The van der Waals surface area contributed by atoms with E-state index >= 15 is 0 Å². The number of aldehydes is 1. The third-order valence-electron chi connectivity index (χ3n) is 1.84. The number of halogens is 1. The molecule has 4 heteroatoms. The Kier molecular flexibility index (Phi) is 2.33. The van der Waals surface area contributed by atoms with Crippen LogP contribution in [0.3, 0.4) is 0 Å². The zero-order valence-electron chi connectivity index (χ0n) is 7.20. The minimum absolute atomic E-state index is 0.468. The quantitative estimate of drug-likeness (QED) is 0.768. The second-order valence-electron chi connectivity index (χ2n) is 2.81. The molecule has 2 rings (SSSR count). The van der Waals surface area contributed by atoms with Crippen LogP contribution in [0.4, 0.5) is 0 Å². The van der Waals surface area contributed by atoms with Crippen molar-refractivity contribution in [2.75, 3.05) is 0 Å². The van der Waals surface area contributed by atoms with Gasteiger partial charge in [0.2, 0.25) is 0 Å². The Bertz CT molecular complexity index is 447. The monoisotopic (exact) mass is 206 g/mol. The van der Waals surface area contributed by atoms with Crippen molar-refractivity contribution >= 4 is 17.9 Å². The van der Waals surface area contributed by atoms with Crippen LogP contribution < -0.4 is 0 Å². The number of nitrogens with one attached hydrogen (secondary N) is 1. The zero-order valence-corrected chi connectivity index (χ0v) is 7.95. The predicted molar refractivity (Wildman–Crippen MR) is 54.4 cm³/mol. The lowest BCUT2D eigenvalue weighted by Crippen LogP contribution is -1.81. The molecule has 0 radical (unpaired) electrons. The van der Waals surface area contributed by atoms with E-state index < -0.39 is 0 Å². The van der Waals surface area contributed by atoms with E-state index in [-0.39, 0.29) is 0 Å². The Labute approximate surface area is 85.7 Å². The average molecular weight is 207 g/mol. The van der Waals surface area contributed by atoms with Crippen LogP contribution in [0.25, 0.3) is 11.4 Å². The third-order valence-corrected chi connectivity index (χ3v) is 2.09. The molecule has 0 aliphatic carbocycles. The molecule has 1 heterocycles. The third kappa shape index (κ3) is 1.67. The van der Waals surface area contributed by atoms with Crippen LogP contribution in [0.5, 0.6) is 0 Å². The highest BCUT2D eigenvalue weighted by Crippen LogP contribution is 2.17. The van der Waals surface area contributed by atoms with Gasteiger partial charge in [-0.1, -0.05) is 11.6 Å². The molecule has 0 saturated carbocycles. The van der Waals surface area contributed by atoms with Gasteiger partial charge in [-0.05, 0) is 24.3 Å². The number of nitrogens with zero attached hydrogens (tertiary/aromatic N) is 1. The molecule has 0 bridgehead atoms. The van der Waals surface area contributed by atoms with E-state index in [2.05, 4.69) is 9.97 Å². The van der Waals surface area contributed by atoms with Gasteiger partial charge in [0.25, 0.3) is 0 Å². The van der Waals surface area contributed by atoms with Crippen molar-refractivity contribution in [1.82, 2.24) is 9.97 Å². The van der Waals surface area contributed by atoms with Crippen LogP contribution in [0, 0.1) is 0 Å². The maximum absolute atomic E-state index is 10.4. The molecule has 1 aromatic carbocycles. The Hall–Kier alpha value is -1.61. The van der Waals surface area contributed by atoms with Crippen LogP contribution >= 0.6 is 11.6 Å². The summed E-state index contributed by atoms with van der Waals surface area (Å²) in [6.07, 6.45) is 2.23. The van der Waals surface area contributed by atoms with E-state index in [0.29, 0.717) is 16.5 Å². The van der Waals surface area contributed by atoms with Crippen molar-refractivity contribution in [3.8, 4) is 11.4 Å². The molecule has 0 spiro atoms. The molecule has 2 aromatic rings. The number of rotatable bonds is 2. The smallest absolute Gasteiger partial charge is 0.167 e. The normalized spacial score (nSPS) is 10.1. The molecule has 0 fully saturated rings. The molecule has 0 unspecified atom stereocenters. The lowest BCUT2D eigenvalue weighted by molar-refractivity contribution is 0.111. The molecule has 0 amide bonds. The molecule has 3 nitrogen and oxygen atoms in total. The van der Waals surface area contributed by atoms with E-state index in [1.807, 2.05) is 12.1 Å². The largest absolute Gasteiger partial charge is 0.336 e. The molecule has 0 atom stereocenters. The van der Waals surface area contributed by atoms with E-state index in [0.717, 1.165) is 11.8 Å². The van der Waals surface area contributed by atoms with Gasteiger partial charge in [-0.15, -0.1) is 0 Å². The van der Waals surface area contributed by atoms with Crippen molar-refractivity contribution in [2.24, 2.45) is 0 Å². The molecule has 14 heavy (non-hydrogen) atoms. The molecule has 70 valence electrons. The molecule has 1 N–H and O–H groups in total. The molecule has 0 saturated heterocycles. The fourth-order valence-corrected chi connectivity index (χ4v) is 1.28. The van der Waals surface area contributed by atoms with Gasteiger partial charge < -0.3 is 4.98 Å². The fraction of sp³-hybridized carbons (Fsp3) is 0. The Morgan fingerprint density at radius 2 is 2.00 bits per heavy atom. The highest BCUT2D eigenvalue weighted by Gasteiger charge is 2.01. The summed E-state index contributed by atoms with van der Waals surface area (Å²) in [5.41, 5.74) is 1.37. The van der Waals surface area contributed by atoms with Crippen LogP contribution in [0.2, 0.25) is 5.02 Å². The lowest BCUT2D eigenvalue weighted by atomic mass is 10.2. The summed E-state index contributed by atoms with van der Waals surface area (Å²) < 4.78 is 0. The van der Waals surface area contributed by atoms with Gasteiger partial charge in [-0.3, -0.25) is 4.79 Å². The summed E-state index contributed by atoms with van der Waals surface area (Å²) in [5, 5.41) is 0.677. The van der Waals surface area contributed by atoms with E-state index in [1.165, 1.54) is 6.20 Å². The summed E-state index contributed by atoms with van der Waals surface area (Å²) in [7, 11) is 0. The van der Waals surface area contributed by atoms with Crippen LogP contribution in [-0.4, -0.2) is 16.3 Å². The highest BCUT2D eigenvalue weighted by atomic mass is 35.5. The van der Waals surface area contributed by atoms with Crippen molar-refractivity contribution in [3.63, 3.8) is 0 Å². The van der Waals surface area contributed by atoms with Gasteiger partial charge in [0.1, 0.15) is 5.82 Å². The molecule has 1 aromatic heterocycles. The SMILES string of the molecule is O=Cc1cnc(-c2ccc(Cl)cc2)[nH]1. The Morgan fingerprint density at radius 1 is 1.29 bits per heavy atom. The molecular weight excluding hydrogens is 200 g/mol. The maximum Gasteiger partial charge on any atom is 0.167 e. The number of carbonyl (C=O) groups is 1. The van der Waals surface area contributed by atoms with E-state index in [9.17, 15) is 4.79 Å². The van der Waals surface area contributed by atoms with Gasteiger partial charge in [-0.25, -0.2) is 4.98 Å². The highest BCUT2D eigenvalue weighted by molar-refractivity contribution is 6.30. The summed E-state index contributed by atoms with van der Waals surface area (Å²) >= 11 is 5.74. The number of H-pyrrole nitrogens is 1. The molecule has 0 aliphatic rings. The molecular formula is C10H7ClN2O. The van der Waals surface area contributed by atoms with E-state index in [1.54, 1.807) is 12.1 Å². The first-order chi connectivity index (χ1) is 6.79. The number of hydrogen-bond acceptors (Lipinski definition) is 2. The number of aromatic amines is 1. The first kappa shape index (κ1) is 8.97.